The van der Waals surface area contributed by atoms with E-state index >= 15 is 0 Å². The van der Waals surface area contributed by atoms with E-state index < -0.39 is 0 Å². The highest BCUT2D eigenvalue weighted by molar-refractivity contribution is 7.99. The lowest BCUT2D eigenvalue weighted by Gasteiger charge is -2.05. The van der Waals surface area contributed by atoms with Crippen molar-refractivity contribution in [2.24, 2.45) is 5.84 Å². The molecular weight excluding hydrogens is 258 g/mol. The zero-order valence-corrected chi connectivity index (χ0v) is 10.6. The molecule has 88 valence electrons. The lowest BCUT2D eigenvalue weighted by Crippen LogP contribution is -2.11. The second-order valence-corrected chi connectivity index (χ2v) is 4.62. The molecule has 0 spiro atoms. The first-order valence-electron chi connectivity index (χ1n) is 4.79. The molecule has 0 aliphatic heterocycles. The third-order valence-corrected chi connectivity index (χ3v) is 3.24. The molecule has 2 aromatic rings. The zero-order chi connectivity index (χ0) is 12.3. The van der Waals surface area contributed by atoms with Crippen molar-refractivity contribution in [3.05, 3.63) is 35.1 Å². The minimum atomic E-state index is 0.375. The Morgan fingerprint density at radius 3 is 2.94 bits per heavy atom. The number of aromatic nitrogens is 3. The van der Waals surface area contributed by atoms with E-state index in [9.17, 15) is 0 Å². The standard InChI is InChI=1S/C10H10ClN5S/c1-6-5-8(15-10(14-6)16-12)17-9-7(11)3-2-4-13-9/h2-5H,12H2,1H3,(H,14,15,16). The fourth-order valence-corrected chi connectivity index (χ4v) is 2.28. The Morgan fingerprint density at radius 1 is 1.41 bits per heavy atom. The summed E-state index contributed by atoms with van der Waals surface area (Å²) in [5, 5.41) is 2.04. The quantitative estimate of drug-likeness (QED) is 0.505. The maximum absolute atomic E-state index is 6.02. The van der Waals surface area contributed by atoms with Crippen LogP contribution in [0.4, 0.5) is 5.95 Å². The van der Waals surface area contributed by atoms with Crippen molar-refractivity contribution in [1.82, 2.24) is 15.0 Å². The monoisotopic (exact) mass is 267 g/mol. The molecule has 0 aromatic carbocycles. The minimum absolute atomic E-state index is 0.375. The van der Waals surface area contributed by atoms with Gasteiger partial charge in [0.15, 0.2) is 0 Å². The number of pyridine rings is 1. The van der Waals surface area contributed by atoms with Crippen molar-refractivity contribution in [1.29, 1.82) is 0 Å². The number of aryl methyl sites for hydroxylation is 1. The second kappa shape index (κ2) is 5.31. The lowest BCUT2D eigenvalue weighted by molar-refractivity contribution is 0.989. The van der Waals surface area contributed by atoms with E-state index in [1.807, 2.05) is 13.0 Å². The first-order chi connectivity index (χ1) is 8.19. The fraction of sp³-hybridized carbons (Fsp3) is 0.100. The normalized spacial score (nSPS) is 10.3. The number of anilines is 1. The largest absolute Gasteiger partial charge is 0.292 e. The zero-order valence-electron chi connectivity index (χ0n) is 9.01. The van der Waals surface area contributed by atoms with Crippen LogP contribution in [0.1, 0.15) is 5.69 Å². The van der Waals surface area contributed by atoms with E-state index in [2.05, 4.69) is 20.4 Å². The number of hydrogen-bond donors (Lipinski definition) is 2. The Hall–Kier alpha value is -1.37. The summed E-state index contributed by atoms with van der Waals surface area (Å²) >= 11 is 7.39. The molecule has 2 heterocycles. The van der Waals surface area contributed by atoms with Crippen molar-refractivity contribution in [2.45, 2.75) is 17.0 Å². The summed E-state index contributed by atoms with van der Waals surface area (Å²) in [7, 11) is 0. The van der Waals surface area contributed by atoms with Crippen molar-refractivity contribution >= 4 is 29.3 Å². The number of nitrogens with two attached hydrogens (primary N) is 1. The molecule has 0 atom stereocenters. The van der Waals surface area contributed by atoms with E-state index in [0.717, 1.165) is 10.7 Å². The molecule has 7 heteroatoms. The number of nitrogens with zero attached hydrogens (tertiary/aromatic N) is 3. The predicted molar refractivity (Wildman–Crippen MR) is 67.9 cm³/mol. The van der Waals surface area contributed by atoms with Gasteiger partial charge >= 0.3 is 0 Å². The Bertz CT molecular complexity index is 534. The van der Waals surface area contributed by atoms with Gasteiger partial charge < -0.3 is 0 Å². The number of nitrogens with one attached hydrogen (secondary N) is 1. The number of hydrogen-bond acceptors (Lipinski definition) is 6. The van der Waals surface area contributed by atoms with Crippen LogP contribution in [0.15, 0.2) is 34.4 Å². The molecule has 0 saturated heterocycles. The molecule has 0 bridgehead atoms. The Labute approximate surface area is 108 Å². The third-order valence-electron chi connectivity index (χ3n) is 1.89. The van der Waals surface area contributed by atoms with Crippen LogP contribution >= 0.6 is 23.4 Å². The van der Waals surface area contributed by atoms with Crippen molar-refractivity contribution in [2.75, 3.05) is 5.43 Å². The van der Waals surface area contributed by atoms with Crippen LogP contribution in [-0.2, 0) is 0 Å². The highest BCUT2D eigenvalue weighted by atomic mass is 35.5. The Balaban J connectivity index is 2.30. The SMILES string of the molecule is Cc1cc(Sc2ncccc2Cl)nc(NN)n1. The van der Waals surface area contributed by atoms with E-state index in [0.29, 0.717) is 16.0 Å². The highest BCUT2D eigenvalue weighted by Crippen LogP contribution is 2.30. The first kappa shape index (κ1) is 12.1. The topological polar surface area (TPSA) is 76.7 Å². The van der Waals surface area contributed by atoms with Gasteiger partial charge in [-0.25, -0.2) is 20.8 Å². The fourth-order valence-electron chi connectivity index (χ4n) is 1.20. The van der Waals surface area contributed by atoms with Crippen LogP contribution in [-0.4, -0.2) is 15.0 Å². The molecule has 0 unspecified atom stereocenters. The molecule has 0 amide bonds. The van der Waals surface area contributed by atoms with Crippen LogP contribution in [0.5, 0.6) is 0 Å². The lowest BCUT2D eigenvalue weighted by atomic mass is 10.5. The summed E-state index contributed by atoms with van der Waals surface area (Å²) in [6.07, 6.45) is 1.68. The van der Waals surface area contributed by atoms with Crippen LogP contribution < -0.4 is 11.3 Å². The van der Waals surface area contributed by atoms with Gasteiger partial charge in [-0.2, -0.15) is 0 Å². The van der Waals surface area contributed by atoms with Gasteiger partial charge in [-0.15, -0.1) is 0 Å². The summed E-state index contributed by atoms with van der Waals surface area (Å²) in [5.41, 5.74) is 3.24. The molecule has 3 N–H and O–H groups in total. The van der Waals surface area contributed by atoms with Gasteiger partial charge in [0.05, 0.1) is 5.02 Å². The van der Waals surface area contributed by atoms with Gasteiger partial charge in [0.1, 0.15) is 10.1 Å². The molecule has 2 rings (SSSR count). The summed E-state index contributed by atoms with van der Waals surface area (Å²) in [5.74, 6) is 5.66. The first-order valence-corrected chi connectivity index (χ1v) is 5.99. The van der Waals surface area contributed by atoms with Crippen LogP contribution in [0, 0.1) is 6.92 Å². The summed E-state index contributed by atoms with van der Waals surface area (Å²) in [4.78, 5) is 12.5. The maximum Gasteiger partial charge on any atom is 0.238 e. The van der Waals surface area contributed by atoms with Gasteiger partial charge in [-0.1, -0.05) is 11.6 Å². The van der Waals surface area contributed by atoms with Crippen LogP contribution in [0.2, 0.25) is 5.02 Å². The Morgan fingerprint density at radius 2 is 2.24 bits per heavy atom. The van der Waals surface area contributed by atoms with E-state index in [-0.39, 0.29) is 0 Å². The molecule has 0 fully saturated rings. The van der Waals surface area contributed by atoms with Gasteiger partial charge in [0, 0.05) is 11.9 Å². The highest BCUT2D eigenvalue weighted by Gasteiger charge is 2.07. The summed E-state index contributed by atoms with van der Waals surface area (Å²) in [6.45, 7) is 1.87. The molecule has 17 heavy (non-hydrogen) atoms. The van der Waals surface area contributed by atoms with Crippen molar-refractivity contribution in [3.8, 4) is 0 Å². The van der Waals surface area contributed by atoms with E-state index in [4.69, 9.17) is 17.4 Å². The summed E-state index contributed by atoms with van der Waals surface area (Å²) < 4.78 is 0. The number of rotatable bonds is 3. The molecule has 0 aliphatic carbocycles. The summed E-state index contributed by atoms with van der Waals surface area (Å²) in [6, 6.07) is 5.41. The predicted octanol–water partition coefficient (Wildman–Crippen LogP) is 2.27. The van der Waals surface area contributed by atoms with E-state index in [1.54, 1.807) is 18.3 Å². The van der Waals surface area contributed by atoms with Gasteiger partial charge in [0.2, 0.25) is 5.95 Å². The van der Waals surface area contributed by atoms with Gasteiger partial charge in [-0.05, 0) is 36.9 Å². The molecule has 0 saturated carbocycles. The third kappa shape index (κ3) is 3.06. The molecule has 0 aliphatic rings. The van der Waals surface area contributed by atoms with Crippen LogP contribution in [0.25, 0.3) is 0 Å². The molecule has 5 nitrogen and oxygen atoms in total. The molecule has 0 radical (unpaired) electrons. The van der Waals surface area contributed by atoms with Crippen molar-refractivity contribution < 1.29 is 0 Å². The maximum atomic E-state index is 6.02. The van der Waals surface area contributed by atoms with E-state index in [1.165, 1.54) is 11.8 Å². The number of halogens is 1. The molecular formula is C10H10ClN5S. The van der Waals surface area contributed by atoms with Gasteiger partial charge in [-0.3, -0.25) is 5.43 Å². The van der Waals surface area contributed by atoms with Gasteiger partial charge in [0.25, 0.3) is 0 Å². The average Bonchev–Trinajstić information content (AvgIpc) is 2.31. The molecule has 2 aromatic heterocycles. The average molecular weight is 268 g/mol. The van der Waals surface area contributed by atoms with Crippen molar-refractivity contribution in [3.63, 3.8) is 0 Å². The number of nitrogen functional groups attached to an aromatic ring is 1. The minimum Gasteiger partial charge on any atom is -0.292 e. The number of hydrazine groups is 1. The van der Waals surface area contributed by atoms with Crippen LogP contribution in [0.3, 0.4) is 0 Å². The second-order valence-electron chi connectivity index (χ2n) is 3.21. The Kier molecular flexibility index (Phi) is 3.78. The smallest absolute Gasteiger partial charge is 0.238 e.